The summed E-state index contributed by atoms with van der Waals surface area (Å²) in [6.45, 7) is 7.48. The van der Waals surface area contributed by atoms with Crippen LogP contribution in [-0.4, -0.2) is 68.3 Å². The molecule has 0 radical (unpaired) electrons. The Bertz CT molecular complexity index is 1380. The first-order valence-corrected chi connectivity index (χ1v) is 13.2. The summed E-state index contributed by atoms with van der Waals surface area (Å²) in [4.78, 5) is 35.0. The fourth-order valence-electron chi connectivity index (χ4n) is 3.58. The Morgan fingerprint density at radius 3 is 2.79 bits per heavy atom. The van der Waals surface area contributed by atoms with Crippen LogP contribution in [0.15, 0.2) is 30.6 Å². The second-order valence-electron chi connectivity index (χ2n) is 10.6. The van der Waals surface area contributed by atoms with E-state index in [1.807, 2.05) is 18.2 Å². The highest BCUT2D eigenvalue weighted by Crippen LogP contribution is 2.26. The van der Waals surface area contributed by atoms with Crippen molar-refractivity contribution in [2.45, 2.75) is 71.1 Å². The van der Waals surface area contributed by atoms with Crippen LogP contribution in [-0.2, 0) is 9.53 Å². The Hall–Kier alpha value is -4.33. The molecule has 11 heteroatoms. The molecule has 1 atom stereocenters. The number of carbonyl (C=O) groups excluding carboxylic acids is 2. The predicted molar refractivity (Wildman–Crippen MR) is 151 cm³/mol. The molecule has 2 amide bonds. The third-order valence-corrected chi connectivity index (χ3v) is 6.05. The molecule has 1 fully saturated rings. The SMILES string of the molecule is C[C@@H](C(=O)NCCCC#Cc1cnc(Nc2ccc3[nH]ncc3c2)nc1NC1CC1)N(C)C(=O)OC(C)(C)C. The highest BCUT2D eigenvalue weighted by atomic mass is 16.6. The Labute approximate surface area is 228 Å². The fourth-order valence-corrected chi connectivity index (χ4v) is 3.58. The third kappa shape index (κ3) is 8.07. The number of H-pyrrole nitrogens is 1. The van der Waals surface area contributed by atoms with Crippen LogP contribution < -0.4 is 16.0 Å². The van der Waals surface area contributed by atoms with Gasteiger partial charge in [0.05, 0.1) is 23.5 Å². The van der Waals surface area contributed by atoms with Crippen molar-refractivity contribution >= 4 is 40.4 Å². The number of hydrogen-bond acceptors (Lipinski definition) is 8. The zero-order valence-corrected chi connectivity index (χ0v) is 23.1. The molecular weight excluding hydrogens is 496 g/mol. The smallest absolute Gasteiger partial charge is 0.410 e. The van der Waals surface area contributed by atoms with Crippen molar-refractivity contribution in [2.24, 2.45) is 0 Å². The Morgan fingerprint density at radius 2 is 2.05 bits per heavy atom. The summed E-state index contributed by atoms with van der Waals surface area (Å²) in [5.74, 6) is 7.27. The lowest BCUT2D eigenvalue weighted by Gasteiger charge is -2.28. The van der Waals surface area contributed by atoms with Gasteiger partial charge in [0.1, 0.15) is 17.5 Å². The molecule has 0 bridgehead atoms. The van der Waals surface area contributed by atoms with Gasteiger partial charge in [-0.15, -0.1) is 0 Å². The van der Waals surface area contributed by atoms with Crippen molar-refractivity contribution in [3.8, 4) is 11.8 Å². The number of amides is 2. The number of nitrogens with zero attached hydrogens (tertiary/aromatic N) is 4. The number of aromatic amines is 1. The van der Waals surface area contributed by atoms with Crippen molar-refractivity contribution in [1.82, 2.24) is 30.4 Å². The normalized spacial score (nSPS) is 13.7. The average molecular weight is 533 g/mol. The molecule has 1 aliphatic carbocycles. The van der Waals surface area contributed by atoms with E-state index in [2.05, 4.69) is 48.0 Å². The number of benzene rings is 1. The first-order chi connectivity index (χ1) is 18.6. The van der Waals surface area contributed by atoms with Gasteiger partial charge in [0.25, 0.3) is 0 Å². The first-order valence-electron chi connectivity index (χ1n) is 13.2. The highest BCUT2D eigenvalue weighted by Gasteiger charge is 2.26. The molecule has 206 valence electrons. The largest absolute Gasteiger partial charge is 0.444 e. The number of ether oxygens (including phenoxy) is 1. The quantitative estimate of drug-likeness (QED) is 0.238. The Kier molecular flexibility index (Phi) is 8.54. The minimum Gasteiger partial charge on any atom is -0.444 e. The molecule has 4 rings (SSSR count). The lowest BCUT2D eigenvalue weighted by Crippen LogP contribution is -2.47. The van der Waals surface area contributed by atoms with E-state index >= 15 is 0 Å². The maximum absolute atomic E-state index is 12.4. The Morgan fingerprint density at radius 1 is 1.26 bits per heavy atom. The maximum Gasteiger partial charge on any atom is 0.410 e. The van der Waals surface area contributed by atoms with Crippen LogP contribution in [0.4, 0.5) is 22.2 Å². The fraction of sp³-hybridized carbons (Fsp3) is 0.464. The van der Waals surface area contributed by atoms with E-state index in [-0.39, 0.29) is 5.91 Å². The van der Waals surface area contributed by atoms with Crippen LogP contribution in [0.2, 0.25) is 0 Å². The number of anilines is 3. The molecule has 0 spiro atoms. The van der Waals surface area contributed by atoms with Gasteiger partial charge in [0, 0.05) is 37.1 Å². The summed E-state index contributed by atoms with van der Waals surface area (Å²) in [6.07, 6.45) is 6.44. The minimum atomic E-state index is -0.645. The lowest BCUT2D eigenvalue weighted by molar-refractivity contribution is -0.125. The van der Waals surface area contributed by atoms with Crippen molar-refractivity contribution in [2.75, 3.05) is 24.2 Å². The number of nitrogens with one attached hydrogen (secondary N) is 4. The molecule has 1 saturated carbocycles. The molecule has 3 aromatic rings. The molecule has 1 aromatic carbocycles. The second-order valence-corrected chi connectivity index (χ2v) is 10.6. The van der Waals surface area contributed by atoms with E-state index in [0.29, 0.717) is 37.2 Å². The van der Waals surface area contributed by atoms with Crippen molar-refractivity contribution < 1.29 is 14.3 Å². The number of unbranched alkanes of at least 4 members (excludes halogenated alkanes) is 1. The van der Waals surface area contributed by atoms with E-state index in [0.717, 1.165) is 35.0 Å². The maximum atomic E-state index is 12.4. The van der Waals surface area contributed by atoms with Gasteiger partial charge in [-0.25, -0.2) is 9.78 Å². The first kappa shape index (κ1) is 27.7. The van der Waals surface area contributed by atoms with E-state index < -0.39 is 17.7 Å². The summed E-state index contributed by atoms with van der Waals surface area (Å²) in [6, 6.07) is 5.65. The van der Waals surface area contributed by atoms with Crippen LogP contribution in [0.1, 0.15) is 58.9 Å². The topological polar surface area (TPSA) is 137 Å². The molecule has 0 saturated heterocycles. The van der Waals surface area contributed by atoms with Gasteiger partial charge in [-0.2, -0.15) is 10.1 Å². The lowest BCUT2D eigenvalue weighted by atomic mass is 10.2. The zero-order chi connectivity index (χ0) is 28.0. The van der Waals surface area contributed by atoms with E-state index in [4.69, 9.17) is 4.74 Å². The molecule has 2 aromatic heterocycles. The number of hydrogen-bond donors (Lipinski definition) is 4. The van der Waals surface area contributed by atoms with Gasteiger partial charge in [-0.05, 0) is 65.2 Å². The average Bonchev–Trinajstić information content (AvgIpc) is 3.58. The van der Waals surface area contributed by atoms with Crippen LogP contribution in [0.5, 0.6) is 0 Å². The van der Waals surface area contributed by atoms with Crippen molar-refractivity contribution in [3.63, 3.8) is 0 Å². The predicted octanol–water partition coefficient (Wildman–Crippen LogP) is 4.17. The van der Waals surface area contributed by atoms with Crippen LogP contribution in [0, 0.1) is 11.8 Å². The van der Waals surface area contributed by atoms with Crippen LogP contribution in [0.3, 0.4) is 0 Å². The van der Waals surface area contributed by atoms with Gasteiger partial charge >= 0.3 is 6.09 Å². The van der Waals surface area contributed by atoms with Gasteiger partial charge < -0.3 is 20.7 Å². The molecule has 4 N–H and O–H groups in total. The zero-order valence-electron chi connectivity index (χ0n) is 23.1. The summed E-state index contributed by atoms with van der Waals surface area (Å²) < 4.78 is 5.32. The molecule has 11 nitrogen and oxygen atoms in total. The van der Waals surface area contributed by atoms with E-state index in [1.54, 1.807) is 47.1 Å². The summed E-state index contributed by atoms with van der Waals surface area (Å²) in [5, 5.41) is 17.5. The van der Waals surface area contributed by atoms with E-state index in [1.165, 1.54) is 4.90 Å². The van der Waals surface area contributed by atoms with Gasteiger partial charge in [0.15, 0.2) is 0 Å². The minimum absolute atomic E-state index is 0.240. The molecule has 0 unspecified atom stereocenters. The second kappa shape index (κ2) is 12.0. The van der Waals surface area contributed by atoms with Crippen LogP contribution >= 0.6 is 0 Å². The van der Waals surface area contributed by atoms with Gasteiger partial charge in [-0.1, -0.05) is 11.8 Å². The van der Waals surface area contributed by atoms with Gasteiger partial charge in [-0.3, -0.25) is 14.8 Å². The molecular formula is C28H36N8O3. The highest BCUT2D eigenvalue weighted by molar-refractivity contribution is 5.85. The van der Waals surface area contributed by atoms with Crippen molar-refractivity contribution in [3.05, 3.63) is 36.2 Å². The number of carbonyl (C=O) groups is 2. The summed E-state index contributed by atoms with van der Waals surface area (Å²) >= 11 is 0. The van der Waals surface area contributed by atoms with E-state index in [9.17, 15) is 9.59 Å². The standard InChI is InChI=1S/C28H36N8O3/c1-18(36(5)27(38)39-28(2,3)4)25(37)29-14-8-6-7-9-19-16-30-26(34-24(19)32-21-10-11-21)33-22-12-13-23-20(15-22)17-31-35-23/h12-13,15-18,21H,6,8,10-11,14H2,1-5H3,(H,29,37)(H,31,35)(H2,30,32,33,34)/t18-/m0/s1. The molecule has 1 aliphatic rings. The van der Waals surface area contributed by atoms with Crippen molar-refractivity contribution in [1.29, 1.82) is 0 Å². The van der Waals surface area contributed by atoms with Gasteiger partial charge in [0.2, 0.25) is 11.9 Å². The van der Waals surface area contributed by atoms with Crippen LogP contribution in [0.25, 0.3) is 10.9 Å². The molecule has 2 heterocycles. The number of likely N-dealkylation sites (N-methyl/N-ethyl adjacent to an activating group) is 1. The third-order valence-electron chi connectivity index (χ3n) is 6.05. The summed E-state index contributed by atoms with van der Waals surface area (Å²) in [5.41, 5.74) is 1.94. The Balaban J connectivity index is 1.28. The molecule has 0 aliphatic heterocycles. The summed E-state index contributed by atoms with van der Waals surface area (Å²) in [7, 11) is 1.55. The number of aromatic nitrogens is 4. The molecule has 39 heavy (non-hydrogen) atoms. The monoisotopic (exact) mass is 532 g/mol. The number of fused-ring (bicyclic) bond motifs is 1. The number of rotatable bonds is 9.